The molecule has 21 heavy (non-hydrogen) atoms. The first-order valence-electron chi connectivity index (χ1n) is 7.31. The van der Waals surface area contributed by atoms with Gasteiger partial charge in [-0.1, -0.05) is 54.6 Å². The molecular formula is C19H17NO. The molecule has 4 rings (SSSR count). The molecule has 2 nitrogen and oxygen atoms in total. The van der Waals surface area contributed by atoms with Crippen LogP contribution in [0, 0.1) is 0 Å². The van der Waals surface area contributed by atoms with Gasteiger partial charge in [0.05, 0.1) is 0 Å². The summed E-state index contributed by atoms with van der Waals surface area (Å²) in [6.07, 6.45) is 0.842. The van der Waals surface area contributed by atoms with Crippen molar-refractivity contribution in [2.75, 3.05) is 0 Å². The maximum atomic E-state index is 6.31. The Balaban J connectivity index is 1.73. The molecule has 2 N–H and O–H groups in total. The average molecular weight is 275 g/mol. The normalized spacial score (nSPS) is 20.8. The van der Waals surface area contributed by atoms with E-state index in [9.17, 15) is 0 Å². The van der Waals surface area contributed by atoms with Crippen LogP contribution >= 0.6 is 0 Å². The summed E-state index contributed by atoms with van der Waals surface area (Å²) in [5, 5.41) is 2.49. The van der Waals surface area contributed by atoms with Crippen LogP contribution in [-0.2, 0) is 0 Å². The predicted molar refractivity (Wildman–Crippen MR) is 85.3 cm³/mol. The highest BCUT2D eigenvalue weighted by Gasteiger charge is 2.26. The molecule has 2 heteroatoms. The van der Waals surface area contributed by atoms with Crippen LogP contribution in [-0.4, -0.2) is 0 Å². The first-order valence-corrected chi connectivity index (χ1v) is 7.31. The van der Waals surface area contributed by atoms with Crippen LogP contribution < -0.4 is 10.5 Å². The lowest BCUT2D eigenvalue weighted by Crippen LogP contribution is -2.24. The van der Waals surface area contributed by atoms with Crippen molar-refractivity contribution in [1.82, 2.24) is 0 Å². The van der Waals surface area contributed by atoms with Gasteiger partial charge >= 0.3 is 0 Å². The van der Waals surface area contributed by atoms with Gasteiger partial charge in [0.25, 0.3) is 0 Å². The highest BCUT2D eigenvalue weighted by Crippen LogP contribution is 2.39. The Morgan fingerprint density at radius 1 is 0.857 bits per heavy atom. The number of rotatable bonds is 1. The number of nitrogens with two attached hydrogens (primary N) is 1. The number of benzene rings is 3. The molecule has 1 unspecified atom stereocenters. The van der Waals surface area contributed by atoms with Gasteiger partial charge in [-0.3, -0.25) is 0 Å². The molecule has 1 heterocycles. The van der Waals surface area contributed by atoms with E-state index in [-0.39, 0.29) is 12.1 Å². The van der Waals surface area contributed by atoms with Crippen molar-refractivity contribution in [3.05, 3.63) is 77.9 Å². The lowest BCUT2D eigenvalue weighted by Gasteiger charge is -2.30. The minimum Gasteiger partial charge on any atom is -0.485 e. The lowest BCUT2D eigenvalue weighted by atomic mass is 9.92. The van der Waals surface area contributed by atoms with Crippen molar-refractivity contribution in [1.29, 1.82) is 0 Å². The lowest BCUT2D eigenvalue weighted by molar-refractivity contribution is 0.161. The van der Waals surface area contributed by atoms with Gasteiger partial charge in [0.15, 0.2) is 0 Å². The molecular weight excluding hydrogens is 258 g/mol. The molecule has 0 saturated carbocycles. The molecule has 104 valence electrons. The zero-order chi connectivity index (χ0) is 14.2. The smallest absolute Gasteiger partial charge is 0.126 e. The van der Waals surface area contributed by atoms with E-state index in [1.165, 1.54) is 16.3 Å². The summed E-state index contributed by atoms with van der Waals surface area (Å²) in [5.41, 5.74) is 8.61. The molecule has 1 aliphatic rings. The Hall–Kier alpha value is -2.32. The van der Waals surface area contributed by atoms with Gasteiger partial charge in [-0.05, 0) is 28.5 Å². The third kappa shape index (κ3) is 2.18. The number of hydrogen-bond acceptors (Lipinski definition) is 2. The minimum atomic E-state index is 0.0273. The van der Waals surface area contributed by atoms with Crippen LogP contribution in [0.2, 0.25) is 0 Å². The molecule has 1 aliphatic heterocycles. The molecule has 3 aromatic carbocycles. The average Bonchev–Trinajstić information content (AvgIpc) is 2.54. The zero-order valence-corrected chi connectivity index (χ0v) is 11.7. The van der Waals surface area contributed by atoms with E-state index in [0.717, 1.165) is 17.7 Å². The maximum Gasteiger partial charge on any atom is 0.126 e. The van der Waals surface area contributed by atoms with E-state index in [1.54, 1.807) is 0 Å². The van der Waals surface area contributed by atoms with Gasteiger partial charge in [-0.15, -0.1) is 0 Å². The molecule has 0 spiro atoms. The van der Waals surface area contributed by atoms with E-state index >= 15 is 0 Å². The fourth-order valence-corrected chi connectivity index (χ4v) is 3.07. The summed E-state index contributed by atoms with van der Waals surface area (Å²) >= 11 is 0. The molecule has 0 bridgehead atoms. The van der Waals surface area contributed by atoms with Crippen LogP contribution in [0.25, 0.3) is 10.8 Å². The summed E-state index contributed by atoms with van der Waals surface area (Å²) in [5.74, 6) is 0.911. The number of hydrogen-bond donors (Lipinski definition) is 1. The van der Waals surface area contributed by atoms with Crippen LogP contribution in [0.4, 0.5) is 0 Å². The third-order valence-corrected chi connectivity index (χ3v) is 4.20. The van der Waals surface area contributed by atoms with E-state index in [0.29, 0.717) is 0 Å². The largest absolute Gasteiger partial charge is 0.485 e. The molecule has 0 aliphatic carbocycles. The van der Waals surface area contributed by atoms with Gasteiger partial charge in [0.1, 0.15) is 11.9 Å². The Kier molecular flexibility index (Phi) is 2.90. The number of fused-ring (bicyclic) bond motifs is 2. The molecule has 0 fully saturated rings. The summed E-state index contributed by atoms with van der Waals surface area (Å²) in [4.78, 5) is 0. The Morgan fingerprint density at radius 3 is 2.52 bits per heavy atom. The highest BCUT2D eigenvalue weighted by molar-refractivity contribution is 5.83. The first kappa shape index (κ1) is 12.4. The van der Waals surface area contributed by atoms with Gasteiger partial charge < -0.3 is 10.5 Å². The van der Waals surface area contributed by atoms with Crippen molar-refractivity contribution < 1.29 is 4.74 Å². The van der Waals surface area contributed by atoms with Crippen molar-refractivity contribution in [3.63, 3.8) is 0 Å². The fraction of sp³-hybridized carbons (Fsp3) is 0.158. The minimum absolute atomic E-state index is 0.0273. The van der Waals surface area contributed by atoms with E-state index < -0.39 is 0 Å². The summed E-state index contributed by atoms with van der Waals surface area (Å²) in [6.45, 7) is 0. The van der Waals surface area contributed by atoms with Gasteiger partial charge in [-0.25, -0.2) is 0 Å². The van der Waals surface area contributed by atoms with Crippen molar-refractivity contribution >= 4 is 10.8 Å². The van der Waals surface area contributed by atoms with Crippen LogP contribution in [0.1, 0.15) is 29.7 Å². The van der Waals surface area contributed by atoms with E-state index in [2.05, 4.69) is 48.5 Å². The molecule has 0 saturated heterocycles. The van der Waals surface area contributed by atoms with Crippen LogP contribution in [0.5, 0.6) is 5.75 Å². The van der Waals surface area contributed by atoms with Gasteiger partial charge in [-0.2, -0.15) is 0 Å². The first-order chi connectivity index (χ1) is 10.3. The zero-order valence-electron chi connectivity index (χ0n) is 11.7. The van der Waals surface area contributed by atoms with Crippen molar-refractivity contribution in [2.45, 2.75) is 18.6 Å². The van der Waals surface area contributed by atoms with Gasteiger partial charge in [0, 0.05) is 18.0 Å². The third-order valence-electron chi connectivity index (χ3n) is 4.20. The monoisotopic (exact) mass is 275 g/mol. The van der Waals surface area contributed by atoms with Crippen LogP contribution in [0.15, 0.2) is 66.7 Å². The molecule has 0 radical (unpaired) electrons. The quantitative estimate of drug-likeness (QED) is 0.716. The Morgan fingerprint density at radius 2 is 1.62 bits per heavy atom. The topological polar surface area (TPSA) is 35.2 Å². The van der Waals surface area contributed by atoms with Crippen molar-refractivity contribution in [2.24, 2.45) is 5.73 Å². The molecule has 3 aromatic rings. The summed E-state index contributed by atoms with van der Waals surface area (Å²) in [7, 11) is 0. The second-order valence-corrected chi connectivity index (χ2v) is 5.59. The molecule has 2 atom stereocenters. The Bertz CT molecular complexity index is 796. The second kappa shape index (κ2) is 4.90. The van der Waals surface area contributed by atoms with Gasteiger partial charge in [0.2, 0.25) is 0 Å². The van der Waals surface area contributed by atoms with Crippen molar-refractivity contribution in [3.8, 4) is 5.75 Å². The molecule has 0 amide bonds. The highest BCUT2D eigenvalue weighted by atomic mass is 16.5. The fourth-order valence-electron chi connectivity index (χ4n) is 3.07. The maximum absolute atomic E-state index is 6.31. The standard InChI is InChI=1S/C19H17NO/c20-17-12-19(21-18-8-4-3-7-16(17)18)15-10-9-13-5-1-2-6-14(13)11-15/h1-11,17,19H,12,20H2/t17-,19?/m0/s1. The second-order valence-electron chi connectivity index (χ2n) is 5.59. The predicted octanol–water partition coefficient (Wildman–Crippen LogP) is 4.36. The SMILES string of the molecule is N[C@H]1CC(c2ccc3ccccc3c2)Oc2ccccc21. The number of para-hydroxylation sites is 1. The Labute approximate surface area is 124 Å². The summed E-state index contributed by atoms with van der Waals surface area (Å²) < 4.78 is 6.16. The van der Waals surface area contributed by atoms with E-state index in [1.807, 2.05) is 18.2 Å². The van der Waals surface area contributed by atoms with Crippen LogP contribution in [0.3, 0.4) is 0 Å². The molecule has 0 aromatic heterocycles. The van der Waals surface area contributed by atoms with E-state index in [4.69, 9.17) is 10.5 Å². The summed E-state index contributed by atoms with van der Waals surface area (Å²) in [6, 6.07) is 23.0. The number of ether oxygens (including phenoxy) is 1.